The molecule has 6 nitrogen and oxygen atoms in total. The van der Waals surface area contributed by atoms with E-state index in [4.69, 9.17) is 13.9 Å². The van der Waals surface area contributed by atoms with E-state index >= 15 is 0 Å². The lowest BCUT2D eigenvalue weighted by atomic mass is 9.96. The van der Waals surface area contributed by atoms with Crippen LogP contribution in [0.3, 0.4) is 0 Å². The van der Waals surface area contributed by atoms with Crippen molar-refractivity contribution in [3.8, 4) is 5.75 Å². The molecule has 1 aromatic heterocycles. The second kappa shape index (κ2) is 8.10. The van der Waals surface area contributed by atoms with Gasteiger partial charge < -0.3 is 18.8 Å². The molecule has 0 spiro atoms. The van der Waals surface area contributed by atoms with Gasteiger partial charge in [-0.15, -0.1) is 0 Å². The quantitative estimate of drug-likeness (QED) is 0.591. The van der Waals surface area contributed by atoms with Crippen LogP contribution in [0.4, 0.5) is 0 Å². The molecule has 2 aliphatic heterocycles. The van der Waals surface area contributed by atoms with Gasteiger partial charge >= 0.3 is 0 Å². The van der Waals surface area contributed by atoms with E-state index in [1.54, 1.807) is 4.90 Å². The Bertz CT molecular complexity index is 1260. The lowest BCUT2D eigenvalue weighted by molar-refractivity contribution is 0.0486. The van der Waals surface area contributed by atoms with Gasteiger partial charge in [-0.25, -0.2) is 0 Å². The van der Waals surface area contributed by atoms with Crippen molar-refractivity contribution in [3.63, 3.8) is 0 Å². The molecule has 1 amide bonds. The highest BCUT2D eigenvalue weighted by Gasteiger charge is 2.44. The van der Waals surface area contributed by atoms with Crippen LogP contribution in [-0.2, 0) is 4.74 Å². The van der Waals surface area contributed by atoms with Crippen LogP contribution in [0.5, 0.6) is 5.75 Å². The van der Waals surface area contributed by atoms with Crippen molar-refractivity contribution in [1.82, 2.24) is 4.90 Å². The second-order valence-corrected chi connectivity index (χ2v) is 8.63. The fourth-order valence-electron chi connectivity index (χ4n) is 5.00. The summed E-state index contributed by atoms with van der Waals surface area (Å²) < 4.78 is 17.6. The molecular weight excluding hydrogens is 406 g/mol. The van der Waals surface area contributed by atoms with Crippen LogP contribution >= 0.6 is 0 Å². The van der Waals surface area contributed by atoms with E-state index in [0.717, 1.165) is 29.5 Å². The predicted molar refractivity (Wildman–Crippen MR) is 121 cm³/mol. The largest absolute Gasteiger partial charge is 0.494 e. The standard InChI is InChI=1S/C26H27NO5/c1-4-30-18-8-5-7-17(13-18)23-22-24(28)21-16(3)11-15(2)12-20(21)32-25(22)26(29)27(23)14-19-9-6-10-31-19/h5,7-8,11-13,19,23H,4,6,9-10,14H2,1-3H3. The van der Waals surface area contributed by atoms with E-state index in [9.17, 15) is 9.59 Å². The van der Waals surface area contributed by atoms with E-state index in [2.05, 4.69) is 0 Å². The number of amides is 1. The molecule has 2 unspecified atom stereocenters. The average molecular weight is 434 g/mol. The maximum atomic E-state index is 13.8. The van der Waals surface area contributed by atoms with Crippen molar-refractivity contribution in [1.29, 1.82) is 0 Å². The molecule has 0 N–H and O–H groups in total. The molecule has 3 aromatic rings. The van der Waals surface area contributed by atoms with Gasteiger partial charge in [0, 0.05) is 13.2 Å². The monoisotopic (exact) mass is 433 g/mol. The van der Waals surface area contributed by atoms with Crippen molar-refractivity contribution in [2.75, 3.05) is 19.8 Å². The van der Waals surface area contributed by atoms with Gasteiger partial charge in [0.05, 0.1) is 29.7 Å². The van der Waals surface area contributed by atoms with E-state index in [-0.39, 0.29) is 23.2 Å². The molecule has 2 aromatic carbocycles. The fourth-order valence-corrected chi connectivity index (χ4v) is 5.00. The Kier molecular flexibility index (Phi) is 5.25. The zero-order valence-corrected chi connectivity index (χ0v) is 18.6. The van der Waals surface area contributed by atoms with Crippen LogP contribution in [-0.4, -0.2) is 36.7 Å². The van der Waals surface area contributed by atoms with Gasteiger partial charge in [-0.2, -0.15) is 0 Å². The van der Waals surface area contributed by atoms with Crippen LogP contribution in [0.15, 0.2) is 45.6 Å². The second-order valence-electron chi connectivity index (χ2n) is 8.63. The van der Waals surface area contributed by atoms with Crippen molar-refractivity contribution in [3.05, 3.63) is 74.6 Å². The number of aryl methyl sites for hydroxylation is 2. The Hall–Kier alpha value is -3.12. The molecule has 5 rings (SSSR count). The number of carbonyl (C=O) groups is 1. The maximum Gasteiger partial charge on any atom is 0.291 e. The summed E-state index contributed by atoms with van der Waals surface area (Å²) in [6.45, 7) is 7.44. The van der Waals surface area contributed by atoms with E-state index in [0.29, 0.717) is 42.0 Å². The minimum Gasteiger partial charge on any atom is -0.494 e. The first-order valence-corrected chi connectivity index (χ1v) is 11.2. The first-order valence-electron chi connectivity index (χ1n) is 11.2. The topological polar surface area (TPSA) is 69.0 Å². The highest BCUT2D eigenvalue weighted by Crippen LogP contribution is 2.40. The molecule has 2 aliphatic rings. The lowest BCUT2D eigenvalue weighted by Crippen LogP contribution is -2.36. The Morgan fingerprint density at radius 3 is 2.75 bits per heavy atom. The summed E-state index contributed by atoms with van der Waals surface area (Å²) in [7, 11) is 0. The fraction of sp³-hybridized carbons (Fsp3) is 0.385. The normalized spacial score (nSPS) is 20.2. The highest BCUT2D eigenvalue weighted by molar-refractivity contribution is 5.99. The number of hydrogen-bond donors (Lipinski definition) is 0. The smallest absolute Gasteiger partial charge is 0.291 e. The van der Waals surface area contributed by atoms with E-state index in [1.807, 2.05) is 57.2 Å². The molecule has 1 saturated heterocycles. The Morgan fingerprint density at radius 1 is 1.16 bits per heavy atom. The first kappa shape index (κ1) is 20.8. The summed E-state index contributed by atoms with van der Waals surface area (Å²) in [5, 5.41) is 0.534. The third kappa shape index (κ3) is 3.39. The molecule has 3 heterocycles. The third-order valence-electron chi connectivity index (χ3n) is 6.32. The van der Waals surface area contributed by atoms with Crippen molar-refractivity contribution >= 4 is 16.9 Å². The third-order valence-corrected chi connectivity index (χ3v) is 6.32. The SMILES string of the molecule is CCOc1cccc(C2c3c(oc4cc(C)cc(C)c4c3=O)C(=O)N2CC2CCCO2)c1. The lowest BCUT2D eigenvalue weighted by Gasteiger charge is -2.27. The summed E-state index contributed by atoms with van der Waals surface area (Å²) >= 11 is 0. The number of benzene rings is 2. The Morgan fingerprint density at radius 2 is 2.00 bits per heavy atom. The number of rotatable bonds is 5. The van der Waals surface area contributed by atoms with E-state index in [1.165, 1.54) is 0 Å². The minimum absolute atomic E-state index is 0.0423. The Balaban J connectivity index is 1.72. The molecule has 0 saturated carbocycles. The van der Waals surface area contributed by atoms with Gasteiger partial charge in [0.15, 0.2) is 5.43 Å². The summed E-state index contributed by atoms with van der Waals surface area (Å²) in [6.07, 6.45) is 1.83. The van der Waals surface area contributed by atoms with Crippen LogP contribution in [0.25, 0.3) is 11.0 Å². The summed E-state index contributed by atoms with van der Waals surface area (Å²) in [4.78, 5) is 29.1. The number of nitrogens with zero attached hydrogens (tertiary/aromatic N) is 1. The van der Waals surface area contributed by atoms with Crippen LogP contribution in [0, 0.1) is 13.8 Å². The number of carbonyl (C=O) groups excluding carboxylic acids is 1. The van der Waals surface area contributed by atoms with Gasteiger partial charge in [0.1, 0.15) is 11.3 Å². The predicted octanol–water partition coefficient (Wildman–Crippen LogP) is 4.53. The number of fused-ring (bicyclic) bond motifs is 2. The maximum absolute atomic E-state index is 13.8. The molecule has 0 radical (unpaired) electrons. The highest BCUT2D eigenvalue weighted by atomic mass is 16.5. The van der Waals surface area contributed by atoms with E-state index < -0.39 is 6.04 Å². The minimum atomic E-state index is -0.538. The van der Waals surface area contributed by atoms with Gasteiger partial charge in [0.25, 0.3) is 5.91 Å². The molecule has 0 bridgehead atoms. The van der Waals surface area contributed by atoms with Crippen LogP contribution in [0.1, 0.15) is 58.6 Å². The van der Waals surface area contributed by atoms with Gasteiger partial charge in [-0.1, -0.05) is 18.2 Å². The van der Waals surface area contributed by atoms with Crippen LogP contribution < -0.4 is 10.2 Å². The van der Waals surface area contributed by atoms with Crippen LogP contribution in [0.2, 0.25) is 0 Å². The number of ether oxygens (including phenoxy) is 2. The molecule has 166 valence electrons. The van der Waals surface area contributed by atoms with Crippen molar-refractivity contribution < 1.29 is 18.7 Å². The van der Waals surface area contributed by atoms with Gasteiger partial charge in [-0.05, 0) is 68.5 Å². The average Bonchev–Trinajstić information content (AvgIpc) is 3.36. The molecule has 1 fully saturated rings. The Labute approximate surface area is 186 Å². The van der Waals surface area contributed by atoms with Gasteiger partial charge in [0.2, 0.25) is 5.76 Å². The molecule has 32 heavy (non-hydrogen) atoms. The van der Waals surface area contributed by atoms with Crippen molar-refractivity contribution in [2.24, 2.45) is 0 Å². The zero-order chi connectivity index (χ0) is 22.4. The summed E-state index contributed by atoms with van der Waals surface area (Å²) in [6, 6.07) is 10.9. The molecular formula is C26H27NO5. The molecule has 0 aliphatic carbocycles. The van der Waals surface area contributed by atoms with Crippen molar-refractivity contribution in [2.45, 2.75) is 45.8 Å². The zero-order valence-electron chi connectivity index (χ0n) is 18.6. The summed E-state index contributed by atoms with van der Waals surface area (Å²) in [5.41, 5.74) is 3.39. The van der Waals surface area contributed by atoms with Gasteiger partial charge in [-0.3, -0.25) is 9.59 Å². The molecule has 6 heteroatoms. The number of hydrogen-bond acceptors (Lipinski definition) is 5. The first-order chi connectivity index (χ1) is 15.5. The summed E-state index contributed by atoms with van der Waals surface area (Å²) in [5.74, 6) is 0.581. The molecule has 2 atom stereocenters.